The maximum Gasteiger partial charge on any atom is 0.259 e. The van der Waals surface area contributed by atoms with Gasteiger partial charge in [-0.1, -0.05) is 59.6 Å². The van der Waals surface area contributed by atoms with Crippen molar-refractivity contribution in [3.05, 3.63) is 66.9 Å². The van der Waals surface area contributed by atoms with Crippen LogP contribution in [0.1, 0.15) is 64.8 Å². The number of hydrogen-bond donors (Lipinski definition) is 1. The van der Waals surface area contributed by atoms with Gasteiger partial charge in [0, 0.05) is 15.9 Å². The molecule has 0 spiro atoms. The highest BCUT2D eigenvalue weighted by Crippen LogP contribution is 2.34. The number of aromatic nitrogens is 1. The Labute approximate surface area is 181 Å². The van der Waals surface area contributed by atoms with Crippen LogP contribution in [0.4, 0.5) is 5.69 Å². The fraction of sp³-hybridized carbons (Fsp3) is 0.391. The average Bonchev–Trinajstić information content (AvgIpc) is 2.64. The van der Waals surface area contributed by atoms with Crippen LogP contribution in [0.2, 0.25) is 5.02 Å². The molecule has 1 amide bonds. The van der Waals surface area contributed by atoms with Crippen molar-refractivity contribution in [2.45, 2.75) is 60.8 Å². The second-order valence-corrected chi connectivity index (χ2v) is 8.08. The molecule has 150 valence electrons. The average molecular weight is 464 g/mol. The summed E-state index contributed by atoms with van der Waals surface area (Å²) in [4.78, 5) is 17.8. The summed E-state index contributed by atoms with van der Waals surface area (Å²) < 4.78 is 1.04. The zero-order valence-corrected chi connectivity index (χ0v) is 19.8. The Morgan fingerprint density at radius 1 is 1.18 bits per heavy atom. The highest BCUT2D eigenvalue weighted by Gasteiger charge is 2.22. The van der Waals surface area contributed by atoms with Crippen molar-refractivity contribution in [3.8, 4) is 0 Å². The highest BCUT2D eigenvalue weighted by molar-refractivity contribution is 9.10. The lowest BCUT2D eigenvalue weighted by atomic mass is 9.98. The van der Waals surface area contributed by atoms with E-state index in [1.54, 1.807) is 0 Å². The molecule has 28 heavy (non-hydrogen) atoms. The number of carbonyl (C=O) groups excluding carboxylic acids is 1. The van der Waals surface area contributed by atoms with Crippen molar-refractivity contribution < 1.29 is 4.79 Å². The topological polar surface area (TPSA) is 42.0 Å². The number of hydrogen-bond acceptors (Lipinski definition) is 2. The van der Waals surface area contributed by atoms with Crippen LogP contribution in [0.3, 0.4) is 0 Å². The third-order valence-corrected chi connectivity index (χ3v) is 6.52. The fourth-order valence-electron chi connectivity index (χ4n) is 3.46. The molecule has 0 saturated carbocycles. The maximum atomic E-state index is 13.3. The predicted molar refractivity (Wildman–Crippen MR) is 123 cm³/mol. The molecular formula is C23H28BrClN2O. The van der Waals surface area contributed by atoms with Gasteiger partial charge in [-0.05, 0) is 69.2 Å². The number of allylic oxidation sites excluding steroid dienone is 2. The van der Waals surface area contributed by atoms with E-state index in [1.807, 2.05) is 32.9 Å². The fourth-order valence-corrected chi connectivity index (χ4v) is 4.49. The number of halogens is 2. The molecule has 1 heterocycles. The number of benzene rings is 1. The first-order valence-electron chi connectivity index (χ1n) is 9.65. The normalized spacial score (nSPS) is 11.3. The van der Waals surface area contributed by atoms with E-state index in [-0.39, 0.29) is 5.91 Å². The number of rotatable bonds is 6. The Morgan fingerprint density at radius 2 is 1.86 bits per heavy atom. The lowest BCUT2D eigenvalue weighted by Crippen LogP contribution is -2.19. The van der Waals surface area contributed by atoms with Gasteiger partial charge in [0.15, 0.2) is 0 Å². The summed E-state index contributed by atoms with van der Waals surface area (Å²) in [5.74, 6) is -0.211. The van der Waals surface area contributed by atoms with Crippen LogP contribution in [0.15, 0.2) is 22.7 Å². The van der Waals surface area contributed by atoms with Gasteiger partial charge in [0.05, 0.1) is 16.3 Å². The zero-order valence-electron chi connectivity index (χ0n) is 17.5. The minimum atomic E-state index is -0.211. The summed E-state index contributed by atoms with van der Waals surface area (Å²) in [7, 11) is 0. The summed E-state index contributed by atoms with van der Waals surface area (Å²) in [6, 6.07) is 2.12. The first kappa shape index (κ1) is 22.6. The number of anilines is 1. The quantitative estimate of drug-likeness (QED) is 0.472. The van der Waals surface area contributed by atoms with Crippen molar-refractivity contribution in [1.82, 2.24) is 4.98 Å². The summed E-state index contributed by atoms with van der Waals surface area (Å²) in [6.07, 6.45) is 6.30. The van der Waals surface area contributed by atoms with E-state index >= 15 is 0 Å². The molecular weight excluding hydrogens is 436 g/mol. The van der Waals surface area contributed by atoms with Gasteiger partial charge in [0.2, 0.25) is 0 Å². The van der Waals surface area contributed by atoms with E-state index in [2.05, 4.69) is 53.1 Å². The van der Waals surface area contributed by atoms with Crippen LogP contribution in [0.5, 0.6) is 0 Å². The van der Waals surface area contributed by atoms with E-state index in [9.17, 15) is 4.79 Å². The van der Waals surface area contributed by atoms with E-state index in [0.717, 1.165) is 45.4 Å². The third kappa shape index (κ3) is 4.49. The summed E-state index contributed by atoms with van der Waals surface area (Å²) in [5, 5.41) is 3.63. The van der Waals surface area contributed by atoms with Crippen LogP contribution in [0.25, 0.3) is 0 Å². The summed E-state index contributed by atoms with van der Waals surface area (Å²) in [5.41, 5.74) is 7.12. The Kier molecular flexibility index (Phi) is 7.85. The molecule has 0 radical (unpaired) electrons. The molecule has 1 N–H and O–H groups in total. The molecule has 0 unspecified atom stereocenters. The van der Waals surface area contributed by atoms with Gasteiger partial charge in [0.1, 0.15) is 0 Å². The molecule has 0 bridgehead atoms. The van der Waals surface area contributed by atoms with E-state index in [1.165, 1.54) is 5.56 Å². The first-order chi connectivity index (χ1) is 13.3. The minimum absolute atomic E-state index is 0.211. The summed E-state index contributed by atoms with van der Waals surface area (Å²) in [6.45, 7) is 12.0. The van der Waals surface area contributed by atoms with E-state index < -0.39 is 0 Å². The third-order valence-electron chi connectivity index (χ3n) is 5.00. The van der Waals surface area contributed by atoms with Crippen LogP contribution in [0, 0.1) is 20.8 Å². The Hall–Kier alpha value is -1.65. The van der Waals surface area contributed by atoms with Crippen LogP contribution < -0.4 is 5.32 Å². The van der Waals surface area contributed by atoms with Gasteiger partial charge in [-0.3, -0.25) is 9.78 Å². The van der Waals surface area contributed by atoms with E-state index in [0.29, 0.717) is 22.7 Å². The standard InChI is InChI=1S/C23H28BrClN2O/c1-7-10-11-18-14(5)26-15(6)19(21(18)25)23(28)27-22-16(8-2)12-13(4)20(24)17(22)9-3/h7,10,12H,8-9,11H2,1-6H3,(H,27,28)/b10-7+. The van der Waals surface area contributed by atoms with Crippen molar-refractivity contribution >= 4 is 39.1 Å². The molecule has 0 saturated heterocycles. The van der Waals surface area contributed by atoms with Crippen molar-refractivity contribution in [3.63, 3.8) is 0 Å². The number of nitrogens with one attached hydrogen (secondary N) is 1. The number of aryl methyl sites for hydroxylation is 4. The number of nitrogens with zero attached hydrogens (tertiary/aromatic N) is 1. The van der Waals surface area contributed by atoms with Gasteiger partial charge < -0.3 is 5.32 Å². The Bertz CT molecular complexity index is 935. The van der Waals surface area contributed by atoms with Crippen molar-refractivity contribution in [2.75, 3.05) is 5.32 Å². The van der Waals surface area contributed by atoms with Crippen LogP contribution >= 0.6 is 27.5 Å². The van der Waals surface area contributed by atoms with Crippen molar-refractivity contribution in [1.29, 1.82) is 0 Å². The van der Waals surface area contributed by atoms with Gasteiger partial charge in [-0.25, -0.2) is 0 Å². The van der Waals surface area contributed by atoms with Gasteiger partial charge in [0.25, 0.3) is 5.91 Å². The number of pyridine rings is 1. The molecule has 3 nitrogen and oxygen atoms in total. The zero-order chi connectivity index (χ0) is 21.0. The second kappa shape index (κ2) is 9.71. The number of amides is 1. The molecule has 0 aliphatic heterocycles. The first-order valence-corrected chi connectivity index (χ1v) is 10.8. The molecule has 2 aromatic rings. The van der Waals surface area contributed by atoms with E-state index in [4.69, 9.17) is 11.6 Å². The molecule has 0 aliphatic carbocycles. The van der Waals surface area contributed by atoms with Gasteiger partial charge in [-0.15, -0.1) is 0 Å². The van der Waals surface area contributed by atoms with Gasteiger partial charge in [-0.2, -0.15) is 0 Å². The molecule has 0 atom stereocenters. The molecule has 1 aromatic carbocycles. The van der Waals surface area contributed by atoms with Gasteiger partial charge >= 0.3 is 0 Å². The SMILES string of the molecule is C/C=C/Cc1c(C)nc(C)c(C(=O)Nc2c(CC)cc(C)c(Br)c2CC)c1Cl. The predicted octanol–water partition coefficient (Wildman–Crippen LogP) is 6.92. The lowest BCUT2D eigenvalue weighted by molar-refractivity contribution is 0.102. The monoisotopic (exact) mass is 462 g/mol. The van der Waals surface area contributed by atoms with Crippen LogP contribution in [-0.2, 0) is 19.3 Å². The summed E-state index contributed by atoms with van der Waals surface area (Å²) >= 11 is 10.4. The smallest absolute Gasteiger partial charge is 0.259 e. The molecule has 1 aromatic heterocycles. The second-order valence-electron chi connectivity index (χ2n) is 6.90. The number of carbonyl (C=O) groups is 1. The van der Waals surface area contributed by atoms with Crippen LogP contribution in [-0.4, -0.2) is 10.9 Å². The molecule has 0 aliphatic rings. The molecule has 5 heteroatoms. The highest BCUT2D eigenvalue weighted by atomic mass is 79.9. The maximum absolute atomic E-state index is 13.3. The minimum Gasteiger partial charge on any atom is -0.321 e. The molecule has 2 rings (SSSR count). The lowest BCUT2D eigenvalue weighted by Gasteiger charge is -2.20. The Balaban J connectivity index is 2.56. The molecule has 0 fully saturated rings. The largest absolute Gasteiger partial charge is 0.321 e. The Morgan fingerprint density at radius 3 is 2.43 bits per heavy atom. The van der Waals surface area contributed by atoms with Crippen molar-refractivity contribution in [2.24, 2.45) is 0 Å².